The number of benzene rings is 2. The van der Waals surface area contributed by atoms with E-state index in [0.717, 1.165) is 5.56 Å². The van der Waals surface area contributed by atoms with E-state index in [2.05, 4.69) is 5.32 Å². The summed E-state index contributed by atoms with van der Waals surface area (Å²) in [5, 5.41) is 2.96. The zero-order valence-corrected chi connectivity index (χ0v) is 14.0. The highest BCUT2D eigenvalue weighted by Crippen LogP contribution is 2.39. The van der Waals surface area contributed by atoms with E-state index in [1.54, 1.807) is 18.2 Å². The van der Waals surface area contributed by atoms with Gasteiger partial charge in [-0.3, -0.25) is 9.59 Å². The lowest BCUT2D eigenvalue weighted by atomic mass is 9.89. The van der Waals surface area contributed by atoms with E-state index in [9.17, 15) is 14.0 Å². The molecule has 1 aliphatic rings. The van der Waals surface area contributed by atoms with Crippen molar-refractivity contribution in [1.29, 1.82) is 0 Å². The summed E-state index contributed by atoms with van der Waals surface area (Å²) in [6.45, 7) is 3.78. The molecule has 0 saturated heterocycles. The molecule has 25 heavy (non-hydrogen) atoms. The Kier molecular flexibility index (Phi) is 4.20. The maximum absolute atomic E-state index is 13.5. The van der Waals surface area contributed by atoms with Gasteiger partial charge in [-0.05, 0) is 44.2 Å². The largest absolute Gasteiger partial charge is 0.487 e. The lowest BCUT2D eigenvalue weighted by Gasteiger charge is -2.37. The number of ether oxygens (including phenoxy) is 1. The smallest absolute Gasteiger partial charge is 0.251 e. The predicted octanol–water partition coefficient (Wildman–Crippen LogP) is 2.96. The van der Waals surface area contributed by atoms with Gasteiger partial charge < -0.3 is 15.8 Å². The Hall–Kier alpha value is -2.89. The van der Waals surface area contributed by atoms with E-state index in [1.165, 1.54) is 24.3 Å². The van der Waals surface area contributed by atoms with Crippen LogP contribution in [-0.2, 0) is 0 Å². The van der Waals surface area contributed by atoms with Crippen LogP contribution in [0.25, 0.3) is 0 Å². The molecule has 0 aliphatic carbocycles. The first-order valence-corrected chi connectivity index (χ1v) is 7.94. The van der Waals surface area contributed by atoms with Crippen molar-refractivity contribution in [3.63, 3.8) is 0 Å². The molecule has 3 N–H and O–H groups in total. The molecule has 0 bridgehead atoms. The summed E-state index contributed by atoms with van der Waals surface area (Å²) in [6.07, 6.45) is 0.552. The van der Waals surface area contributed by atoms with Gasteiger partial charge in [0.25, 0.3) is 5.91 Å². The summed E-state index contributed by atoms with van der Waals surface area (Å²) in [4.78, 5) is 23.7. The highest BCUT2D eigenvalue weighted by molar-refractivity contribution is 5.97. The molecule has 3 rings (SSSR count). The predicted molar refractivity (Wildman–Crippen MR) is 90.9 cm³/mol. The molecule has 1 unspecified atom stereocenters. The number of rotatable bonds is 3. The number of carbonyl (C=O) groups excluding carboxylic acids is 2. The zero-order valence-electron chi connectivity index (χ0n) is 14.0. The second-order valence-corrected chi connectivity index (χ2v) is 6.72. The van der Waals surface area contributed by atoms with E-state index < -0.39 is 11.5 Å². The monoisotopic (exact) mass is 342 g/mol. The Balaban J connectivity index is 1.84. The number of nitrogens with one attached hydrogen (secondary N) is 1. The van der Waals surface area contributed by atoms with Gasteiger partial charge in [0.2, 0.25) is 5.91 Å². The Bertz CT molecular complexity index is 831. The van der Waals surface area contributed by atoms with E-state index in [-0.39, 0.29) is 17.8 Å². The molecule has 6 heteroatoms. The number of halogens is 1. The molecule has 130 valence electrons. The Labute approximate surface area is 145 Å². The summed E-state index contributed by atoms with van der Waals surface area (Å²) < 4.78 is 19.3. The van der Waals surface area contributed by atoms with Crippen LogP contribution in [0.5, 0.6) is 5.75 Å². The quantitative estimate of drug-likeness (QED) is 0.900. The van der Waals surface area contributed by atoms with Gasteiger partial charge in [0.05, 0.1) is 6.04 Å². The summed E-state index contributed by atoms with van der Waals surface area (Å²) in [7, 11) is 0. The molecule has 1 heterocycles. The minimum Gasteiger partial charge on any atom is -0.487 e. The fourth-order valence-corrected chi connectivity index (χ4v) is 2.98. The van der Waals surface area contributed by atoms with Crippen molar-refractivity contribution in [2.45, 2.75) is 31.9 Å². The average Bonchev–Trinajstić information content (AvgIpc) is 2.53. The molecule has 1 aliphatic heterocycles. The number of hydrogen-bond acceptors (Lipinski definition) is 3. The Morgan fingerprint density at radius 2 is 1.80 bits per heavy atom. The normalized spacial score (nSPS) is 18.0. The van der Waals surface area contributed by atoms with Crippen molar-refractivity contribution in [3.8, 4) is 5.75 Å². The SMILES string of the molecule is CC1(C)CC(NC(=O)c2ccc(C(N)=O)cc2)c2ccc(F)cc2O1. The first kappa shape index (κ1) is 17.0. The number of fused-ring (bicyclic) bond motifs is 1. The van der Waals surface area contributed by atoms with Crippen molar-refractivity contribution in [3.05, 3.63) is 65.0 Å². The van der Waals surface area contributed by atoms with Gasteiger partial charge in [-0.2, -0.15) is 0 Å². The highest BCUT2D eigenvalue weighted by atomic mass is 19.1. The standard InChI is InChI=1S/C19H19FN2O3/c1-19(2)10-15(14-8-7-13(20)9-16(14)25-19)22-18(24)12-5-3-11(4-6-12)17(21)23/h3-9,15H,10H2,1-2H3,(H2,21,23)(H,22,24). The van der Waals surface area contributed by atoms with Crippen LogP contribution >= 0.6 is 0 Å². The molecule has 0 aromatic heterocycles. The molecule has 0 spiro atoms. The number of primary amides is 1. The zero-order chi connectivity index (χ0) is 18.2. The highest BCUT2D eigenvalue weighted by Gasteiger charge is 2.34. The lowest BCUT2D eigenvalue weighted by Crippen LogP contribution is -2.41. The number of amides is 2. The van der Waals surface area contributed by atoms with Gasteiger partial charge in [-0.15, -0.1) is 0 Å². The van der Waals surface area contributed by atoms with Crippen LogP contribution in [-0.4, -0.2) is 17.4 Å². The maximum Gasteiger partial charge on any atom is 0.251 e. The third-order valence-electron chi connectivity index (χ3n) is 4.17. The van der Waals surface area contributed by atoms with Gasteiger partial charge >= 0.3 is 0 Å². The van der Waals surface area contributed by atoms with Crippen LogP contribution in [0.2, 0.25) is 0 Å². The van der Waals surface area contributed by atoms with E-state index in [0.29, 0.717) is 23.3 Å². The number of hydrogen-bond donors (Lipinski definition) is 2. The van der Waals surface area contributed by atoms with E-state index in [4.69, 9.17) is 10.5 Å². The second kappa shape index (κ2) is 6.20. The average molecular weight is 342 g/mol. The van der Waals surface area contributed by atoms with Crippen molar-refractivity contribution >= 4 is 11.8 Å². The lowest BCUT2D eigenvalue weighted by molar-refractivity contribution is 0.0616. The van der Waals surface area contributed by atoms with Gasteiger partial charge in [0.15, 0.2) is 0 Å². The summed E-state index contributed by atoms with van der Waals surface area (Å²) in [6, 6.07) is 10.1. The van der Waals surface area contributed by atoms with Crippen LogP contribution in [0, 0.1) is 5.82 Å². The third kappa shape index (κ3) is 3.63. The first-order chi connectivity index (χ1) is 11.7. The molecule has 2 aromatic rings. The molecule has 0 saturated carbocycles. The molecule has 0 radical (unpaired) electrons. The van der Waals surface area contributed by atoms with Crippen LogP contribution < -0.4 is 15.8 Å². The Morgan fingerprint density at radius 3 is 2.44 bits per heavy atom. The molecule has 5 nitrogen and oxygen atoms in total. The number of carbonyl (C=O) groups is 2. The van der Waals surface area contributed by atoms with E-state index >= 15 is 0 Å². The Morgan fingerprint density at radius 1 is 1.16 bits per heavy atom. The second-order valence-electron chi connectivity index (χ2n) is 6.72. The molecular formula is C19H19FN2O3. The molecule has 2 aromatic carbocycles. The summed E-state index contributed by atoms with van der Waals surface area (Å²) in [5.41, 5.74) is 6.16. The van der Waals surface area contributed by atoms with Crippen molar-refractivity contribution in [2.75, 3.05) is 0 Å². The van der Waals surface area contributed by atoms with Gasteiger partial charge in [0.1, 0.15) is 17.2 Å². The van der Waals surface area contributed by atoms with Crippen LogP contribution in [0.3, 0.4) is 0 Å². The van der Waals surface area contributed by atoms with Crippen molar-refractivity contribution < 1.29 is 18.7 Å². The molecule has 2 amide bonds. The van der Waals surface area contributed by atoms with Crippen molar-refractivity contribution in [2.24, 2.45) is 5.73 Å². The van der Waals surface area contributed by atoms with Crippen LogP contribution in [0.1, 0.15) is 52.6 Å². The fourth-order valence-electron chi connectivity index (χ4n) is 2.98. The topological polar surface area (TPSA) is 81.4 Å². The molecule has 1 atom stereocenters. The van der Waals surface area contributed by atoms with Crippen LogP contribution in [0.15, 0.2) is 42.5 Å². The third-order valence-corrected chi connectivity index (χ3v) is 4.17. The van der Waals surface area contributed by atoms with Gasteiger partial charge in [0, 0.05) is 29.2 Å². The minimum absolute atomic E-state index is 0.283. The minimum atomic E-state index is -0.547. The van der Waals surface area contributed by atoms with Crippen LogP contribution in [0.4, 0.5) is 4.39 Å². The molecule has 0 fully saturated rings. The maximum atomic E-state index is 13.5. The number of nitrogens with two attached hydrogens (primary N) is 1. The van der Waals surface area contributed by atoms with Gasteiger partial charge in [-0.25, -0.2) is 4.39 Å². The van der Waals surface area contributed by atoms with Gasteiger partial charge in [-0.1, -0.05) is 6.07 Å². The fraction of sp³-hybridized carbons (Fsp3) is 0.263. The van der Waals surface area contributed by atoms with E-state index in [1.807, 2.05) is 13.8 Å². The van der Waals surface area contributed by atoms with Crippen molar-refractivity contribution in [1.82, 2.24) is 5.32 Å². The summed E-state index contributed by atoms with van der Waals surface area (Å²) in [5.74, 6) is -0.780. The first-order valence-electron chi connectivity index (χ1n) is 7.94. The molecular weight excluding hydrogens is 323 g/mol. The summed E-state index contributed by atoms with van der Waals surface area (Å²) >= 11 is 0.